The molecule has 0 saturated carbocycles. The monoisotopic (exact) mass is 299 g/mol. The Morgan fingerprint density at radius 1 is 1.58 bits per heavy atom. The molecular formula is C12H18ClN5S. The Morgan fingerprint density at radius 3 is 2.95 bits per heavy atom. The maximum Gasteiger partial charge on any atom is 0.0901 e. The largest absolute Gasteiger partial charge is 0.308 e. The van der Waals surface area contributed by atoms with E-state index in [1.807, 2.05) is 30.2 Å². The molecule has 0 saturated heterocycles. The number of halogens is 1. The molecule has 0 aliphatic rings. The van der Waals surface area contributed by atoms with Crippen LogP contribution in [-0.4, -0.2) is 35.3 Å². The second-order valence-electron chi connectivity index (χ2n) is 4.56. The molecule has 0 spiro atoms. The zero-order valence-corrected chi connectivity index (χ0v) is 12.6. The summed E-state index contributed by atoms with van der Waals surface area (Å²) in [5.41, 5.74) is 4.83. The number of aromatic nitrogens is 2. The van der Waals surface area contributed by atoms with Gasteiger partial charge in [0, 0.05) is 6.54 Å². The highest BCUT2D eigenvalue weighted by Crippen LogP contribution is 2.28. The molecular weight excluding hydrogens is 282 g/mol. The minimum Gasteiger partial charge on any atom is -0.308 e. The van der Waals surface area contributed by atoms with Gasteiger partial charge < -0.3 is 4.90 Å². The van der Waals surface area contributed by atoms with Crippen molar-refractivity contribution in [2.45, 2.75) is 12.6 Å². The molecule has 2 aromatic heterocycles. The van der Waals surface area contributed by atoms with Crippen LogP contribution in [0.25, 0.3) is 0 Å². The van der Waals surface area contributed by atoms with Crippen LogP contribution in [0.4, 0.5) is 0 Å². The van der Waals surface area contributed by atoms with Crippen molar-refractivity contribution in [1.29, 1.82) is 0 Å². The van der Waals surface area contributed by atoms with Crippen molar-refractivity contribution in [2.24, 2.45) is 5.84 Å². The smallest absolute Gasteiger partial charge is 0.0901 e. The minimum absolute atomic E-state index is 0.136. The van der Waals surface area contributed by atoms with E-state index in [4.69, 9.17) is 17.4 Å². The molecule has 2 rings (SSSR count). The molecule has 0 bridgehead atoms. The van der Waals surface area contributed by atoms with E-state index in [1.165, 1.54) is 0 Å². The molecule has 104 valence electrons. The zero-order valence-electron chi connectivity index (χ0n) is 11.0. The molecule has 1 unspecified atom stereocenters. The number of nitrogens with zero attached hydrogens (tertiary/aromatic N) is 3. The van der Waals surface area contributed by atoms with Gasteiger partial charge in [-0.15, -0.1) is 0 Å². The fourth-order valence-electron chi connectivity index (χ4n) is 1.90. The Labute approximate surface area is 121 Å². The fourth-order valence-corrected chi connectivity index (χ4v) is 2.84. The second-order valence-corrected chi connectivity index (χ2v) is 5.75. The van der Waals surface area contributed by atoms with E-state index in [1.54, 1.807) is 17.5 Å². The van der Waals surface area contributed by atoms with Crippen LogP contribution in [0.5, 0.6) is 0 Å². The van der Waals surface area contributed by atoms with Crippen molar-refractivity contribution in [2.75, 3.05) is 20.6 Å². The van der Waals surface area contributed by atoms with Gasteiger partial charge >= 0.3 is 0 Å². The lowest BCUT2D eigenvalue weighted by molar-refractivity contribution is 0.365. The molecule has 7 heteroatoms. The van der Waals surface area contributed by atoms with E-state index in [0.29, 0.717) is 5.02 Å². The summed E-state index contributed by atoms with van der Waals surface area (Å²) in [6.07, 6.45) is 1.67. The van der Waals surface area contributed by atoms with E-state index in [2.05, 4.69) is 20.8 Å². The molecule has 0 aliphatic heterocycles. The van der Waals surface area contributed by atoms with E-state index < -0.39 is 0 Å². The molecule has 5 nitrogen and oxygen atoms in total. The lowest BCUT2D eigenvalue weighted by atomic mass is 10.1. The van der Waals surface area contributed by atoms with Gasteiger partial charge in [0.15, 0.2) is 0 Å². The Balaban J connectivity index is 2.29. The normalized spacial score (nSPS) is 13.1. The van der Waals surface area contributed by atoms with Gasteiger partial charge in [-0.3, -0.25) is 10.5 Å². The maximum atomic E-state index is 6.26. The van der Waals surface area contributed by atoms with Crippen molar-refractivity contribution in [3.63, 3.8) is 0 Å². The lowest BCUT2D eigenvalue weighted by Crippen LogP contribution is -2.31. The summed E-state index contributed by atoms with van der Waals surface area (Å²) >= 11 is 7.90. The summed E-state index contributed by atoms with van der Waals surface area (Å²) in [5.74, 6) is 5.69. The number of thiophene rings is 1. The van der Waals surface area contributed by atoms with Crippen molar-refractivity contribution < 1.29 is 0 Å². The first-order chi connectivity index (χ1) is 9.13. The quantitative estimate of drug-likeness (QED) is 0.630. The van der Waals surface area contributed by atoms with Gasteiger partial charge in [-0.2, -0.15) is 16.4 Å². The maximum absolute atomic E-state index is 6.26. The van der Waals surface area contributed by atoms with Crippen LogP contribution in [0.1, 0.15) is 17.3 Å². The Bertz CT molecular complexity index is 508. The number of rotatable bonds is 6. The fraction of sp³-hybridized carbons (Fsp3) is 0.417. The van der Waals surface area contributed by atoms with Crippen molar-refractivity contribution in [1.82, 2.24) is 20.1 Å². The first-order valence-electron chi connectivity index (χ1n) is 5.97. The van der Waals surface area contributed by atoms with Crippen LogP contribution in [-0.2, 0) is 6.54 Å². The SMILES string of the molecule is CN(C)CCn1ncc(Cl)c1C(NN)c1ccsc1. The third kappa shape index (κ3) is 3.34. The van der Waals surface area contributed by atoms with Gasteiger partial charge in [-0.25, -0.2) is 5.43 Å². The molecule has 0 radical (unpaired) electrons. The van der Waals surface area contributed by atoms with E-state index in [-0.39, 0.29) is 6.04 Å². The second kappa shape index (κ2) is 6.49. The number of hydrogen-bond donors (Lipinski definition) is 2. The number of nitrogens with one attached hydrogen (secondary N) is 1. The van der Waals surface area contributed by atoms with Gasteiger partial charge in [0.25, 0.3) is 0 Å². The molecule has 0 aromatic carbocycles. The standard InChI is InChI=1S/C12H18ClN5S/c1-17(2)4-5-18-12(10(13)7-15-18)11(16-14)9-3-6-19-8-9/h3,6-8,11,16H,4-5,14H2,1-2H3. The third-order valence-electron chi connectivity index (χ3n) is 2.91. The van der Waals surface area contributed by atoms with E-state index in [9.17, 15) is 0 Å². The molecule has 19 heavy (non-hydrogen) atoms. The molecule has 2 heterocycles. The summed E-state index contributed by atoms with van der Waals surface area (Å²) in [6.45, 7) is 1.67. The lowest BCUT2D eigenvalue weighted by Gasteiger charge is -2.18. The van der Waals surface area contributed by atoms with Crippen LogP contribution in [0.15, 0.2) is 23.0 Å². The first kappa shape index (κ1) is 14.5. The number of hydrogen-bond acceptors (Lipinski definition) is 5. The van der Waals surface area contributed by atoms with Gasteiger partial charge in [0.1, 0.15) is 0 Å². The highest BCUT2D eigenvalue weighted by molar-refractivity contribution is 7.08. The van der Waals surface area contributed by atoms with Crippen LogP contribution >= 0.6 is 22.9 Å². The molecule has 0 amide bonds. The topological polar surface area (TPSA) is 59.1 Å². The molecule has 2 aromatic rings. The number of likely N-dealkylation sites (N-methyl/N-ethyl adjacent to an activating group) is 1. The number of hydrazine groups is 1. The van der Waals surface area contributed by atoms with Crippen LogP contribution < -0.4 is 11.3 Å². The Hall–Kier alpha value is -0.920. The molecule has 0 fully saturated rings. The molecule has 0 aliphatic carbocycles. The van der Waals surface area contributed by atoms with Gasteiger partial charge in [-0.1, -0.05) is 11.6 Å². The van der Waals surface area contributed by atoms with E-state index >= 15 is 0 Å². The number of nitrogens with two attached hydrogens (primary N) is 1. The minimum atomic E-state index is -0.136. The first-order valence-corrected chi connectivity index (χ1v) is 7.29. The zero-order chi connectivity index (χ0) is 13.8. The van der Waals surface area contributed by atoms with Crippen molar-refractivity contribution in [3.05, 3.63) is 39.3 Å². The summed E-state index contributed by atoms with van der Waals surface area (Å²) in [4.78, 5) is 2.11. The van der Waals surface area contributed by atoms with Crippen LogP contribution in [0, 0.1) is 0 Å². The van der Waals surface area contributed by atoms with Gasteiger partial charge in [0.2, 0.25) is 0 Å². The summed E-state index contributed by atoms with van der Waals surface area (Å²) in [5, 5.41) is 9.05. The summed E-state index contributed by atoms with van der Waals surface area (Å²) in [6, 6.07) is 1.90. The van der Waals surface area contributed by atoms with Crippen LogP contribution in [0.2, 0.25) is 5.02 Å². The van der Waals surface area contributed by atoms with Crippen molar-refractivity contribution in [3.8, 4) is 0 Å². The molecule has 3 N–H and O–H groups in total. The Kier molecular flexibility index (Phi) is 4.95. The van der Waals surface area contributed by atoms with Gasteiger partial charge in [0.05, 0.1) is 29.5 Å². The highest BCUT2D eigenvalue weighted by atomic mass is 35.5. The summed E-state index contributed by atoms with van der Waals surface area (Å²) < 4.78 is 1.91. The Morgan fingerprint density at radius 2 is 2.37 bits per heavy atom. The van der Waals surface area contributed by atoms with Crippen LogP contribution in [0.3, 0.4) is 0 Å². The summed E-state index contributed by atoms with van der Waals surface area (Å²) in [7, 11) is 4.06. The predicted molar refractivity (Wildman–Crippen MR) is 79.3 cm³/mol. The van der Waals surface area contributed by atoms with Gasteiger partial charge in [-0.05, 0) is 36.5 Å². The van der Waals surface area contributed by atoms with Crippen molar-refractivity contribution >= 4 is 22.9 Å². The average Bonchev–Trinajstić information content (AvgIpc) is 3.00. The average molecular weight is 300 g/mol. The highest BCUT2D eigenvalue weighted by Gasteiger charge is 2.21. The molecule has 1 atom stereocenters. The third-order valence-corrected chi connectivity index (χ3v) is 3.90. The predicted octanol–water partition coefficient (Wildman–Crippen LogP) is 1.71. The van der Waals surface area contributed by atoms with E-state index in [0.717, 1.165) is 24.3 Å².